The van der Waals surface area contributed by atoms with Gasteiger partial charge in [0.05, 0.1) is 29.5 Å². The molecule has 9 aromatic rings. The lowest BCUT2D eigenvalue weighted by Gasteiger charge is -2.17. The van der Waals surface area contributed by atoms with Gasteiger partial charge in [-0.1, -0.05) is 205 Å². The van der Waals surface area contributed by atoms with Crippen molar-refractivity contribution in [2.45, 2.75) is 236 Å². The van der Waals surface area contributed by atoms with Crippen molar-refractivity contribution in [2.24, 2.45) is 0 Å². The smallest absolute Gasteiger partial charge is 0.148 e. The van der Waals surface area contributed by atoms with Crippen molar-refractivity contribution in [3.8, 4) is 0 Å². The summed E-state index contributed by atoms with van der Waals surface area (Å²) in [6, 6.07) is 27.7. The van der Waals surface area contributed by atoms with Gasteiger partial charge in [-0.05, 0) is 121 Å². The SMILES string of the molecule is CC(C)(C)c1ccc(F)cn1.CC(C)(C)c1ccccn1.CC(C)(C)c1cccnc1.CC(C)(C)c1cccs1.CC(C)(C)c1ccncc1.CC(C)(C)c1ccsc1.CC(C)(C)c1cnccn1.CC(C)(C)c1ncc(F)cc1F.CC(C)(C)c1ncccc1F. The summed E-state index contributed by atoms with van der Waals surface area (Å²) in [5.41, 5.74) is 8.87. The average Bonchev–Trinajstić information content (AvgIpc) is 2.01. The van der Waals surface area contributed by atoms with Crippen molar-refractivity contribution in [3.63, 3.8) is 0 Å². The van der Waals surface area contributed by atoms with Crippen molar-refractivity contribution >= 4 is 22.7 Å². The molecular weight excluding hydrogens is 1190 g/mol. The van der Waals surface area contributed by atoms with Gasteiger partial charge >= 0.3 is 0 Å². The topological polar surface area (TPSA) is 103 Å². The maximum Gasteiger partial charge on any atom is 0.148 e. The molecule has 9 aromatic heterocycles. The Labute approximate surface area is 561 Å². The third kappa shape index (κ3) is 34.7. The van der Waals surface area contributed by atoms with Gasteiger partial charge in [-0.3, -0.25) is 39.9 Å². The van der Waals surface area contributed by atoms with Crippen LogP contribution in [-0.2, 0) is 48.7 Å². The summed E-state index contributed by atoms with van der Waals surface area (Å²) < 4.78 is 50.9. The van der Waals surface area contributed by atoms with Crippen LogP contribution < -0.4 is 0 Å². The summed E-state index contributed by atoms with van der Waals surface area (Å²) in [7, 11) is 0. The van der Waals surface area contributed by atoms with Crippen LogP contribution in [0.5, 0.6) is 0 Å². The van der Waals surface area contributed by atoms with Gasteiger partial charge in [-0.25, -0.2) is 17.6 Å². The van der Waals surface area contributed by atoms with Crippen molar-refractivity contribution in [1.29, 1.82) is 0 Å². The molecule has 92 heavy (non-hydrogen) atoms. The van der Waals surface area contributed by atoms with E-state index in [2.05, 4.69) is 223 Å². The Kier molecular flexibility index (Phi) is 33.5. The largest absolute Gasteiger partial charge is 0.265 e. The minimum Gasteiger partial charge on any atom is -0.265 e. The molecule has 0 aliphatic carbocycles. The zero-order valence-corrected chi connectivity index (χ0v) is 62.3. The van der Waals surface area contributed by atoms with E-state index in [-0.39, 0.29) is 49.5 Å². The van der Waals surface area contributed by atoms with E-state index in [1.807, 2.05) is 117 Å². The minimum atomic E-state index is -0.638. The molecule has 14 heteroatoms. The third-order valence-corrected chi connectivity index (χ3v) is 14.9. The molecule has 9 heterocycles. The lowest BCUT2D eigenvalue weighted by molar-refractivity contribution is 0.489. The van der Waals surface area contributed by atoms with Crippen LogP contribution in [0.4, 0.5) is 17.6 Å². The Bertz CT molecular complexity index is 3110. The maximum atomic E-state index is 13.0. The lowest BCUT2D eigenvalue weighted by Crippen LogP contribution is -2.16. The van der Waals surface area contributed by atoms with E-state index in [1.54, 1.807) is 54.5 Å². The lowest BCUT2D eigenvalue weighted by atomic mass is 9.88. The fraction of sp³-hybridized carbons (Fsp3) is 0.462. The Balaban J connectivity index is 0.000000518. The molecule has 9 rings (SSSR count). The van der Waals surface area contributed by atoms with Gasteiger partial charge in [0.1, 0.15) is 23.3 Å². The molecular formula is C78H110F4N8S2. The standard InChI is InChI=1S/C9H11F2N.2C9H12FN.3C9H13N.C8H12N2.2C8H12S/c1-9(2,3)8-7(11)4-6(10)5-12-8;1-9(2,3)8-5-4-7(10)6-11-8;1-9(2,3)8-7(10)5-4-6-11-8;1-9(2,3)8-4-6-10-7-5-8;1-9(2,3)8-5-4-6-10-7-8;1-9(2,3)8-6-4-5-7-10-8;1-8(2,3)7-6-9-4-5-10-7;1-8(2,3)7-4-5-9-6-7;1-8(2,3)7-5-4-6-9-7/h4-5H,1-3H3;2*4-6H,1-3H3;3*4-7H,1-3H3;4-6H,1-3H3;2*4-6H,1-3H3. The van der Waals surface area contributed by atoms with Crippen LogP contribution in [0.2, 0.25) is 0 Å². The fourth-order valence-corrected chi connectivity index (χ4v) is 8.97. The molecule has 8 nitrogen and oxygen atoms in total. The van der Waals surface area contributed by atoms with Crippen LogP contribution in [-0.4, -0.2) is 39.9 Å². The quantitative estimate of drug-likeness (QED) is 0.138. The molecule has 0 aliphatic rings. The highest BCUT2D eigenvalue weighted by molar-refractivity contribution is 7.10. The molecule has 0 bridgehead atoms. The van der Waals surface area contributed by atoms with E-state index in [0.717, 1.165) is 29.3 Å². The Morgan fingerprint density at radius 2 is 0.804 bits per heavy atom. The van der Waals surface area contributed by atoms with Gasteiger partial charge < -0.3 is 0 Å². The molecule has 0 aliphatic heterocycles. The summed E-state index contributed by atoms with van der Waals surface area (Å²) in [6.07, 6.45) is 18.3. The normalized spacial score (nSPS) is 11.6. The number of pyridine rings is 6. The van der Waals surface area contributed by atoms with Crippen molar-refractivity contribution in [1.82, 2.24) is 39.9 Å². The number of nitrogens with zero attached hydrogens (tertiary/aromatic N) is 8. The predicted molar refractivity (Wildman–Crippen MR) is 384 cm³/mol. The molecule has 0 atom stereocenters. The van der Waals surface area contributed by atoms with Crippen LogP contribution in [0.1, 0.15) is 237 Å². The molecule has 502 valence electrons. The van der Waals surface area contributed by atoms with E-state index in [9.17, 15) is 17.6 Å². The van der Waals surface area contributed by atoms with Crippen LogP contribution in [0.25, 0.3) is 0 Å². The zero-order chi connectivity index (χ0) is 70.6. The van der Waals surface area contributed by atoms with E-state index >= 15 is 0 Å². The number of thiophene rings is 2. The fourth-order valence-electron chi connectivity index (χ4n) is 7.27. The second kappa shape index (κ2) is 37.1. The van der Waals surface area contributed by atoms with Crippen LogP contribution in [0, 0.1) is 23.3 Å². The maximum absolute atomic E-state index is 13.0. The van der Waals surface area contributed by atoms with Crippen LogP contribution in [0.3, 0.4) is 0 Å². The highest BCUT2D eigenvalue weighted by Gasteiger charge is 2.22. The second-order valence-electron chi connectivity index (χ2n) is 31.2. The van der Waals surface area contributed by atoms with Gasteiger partial charge in [-0.2, -0.15) is 11.3 Å². The van der Waals surface area contributed by atoms with Crippen LogP contribution >= 0.6 is 22.7 Å². The number of rotatable bonds is 0. The number of halogens is 4. The highest BCUT2D eigenvalue weighted by Crippen LogP contribution is 2.28. The van der Waals surface area contributed by atoms with Crippen molar-refractivity contribution in [2.75, 3.05) is 0 Å². The first-order valence-electron chi connectivity index (χ1n) is 31.2. The van der Waals surface area contributed by atoms with E-state index in [4.69, 9.17) is 0 Å². The predicted octanol–water partition coefficient (Wildman–Crippen LogP) is 22.7. The van der Waals surface area contributed by atoms with Gasteiger partial charge in [0, 0.05) is 105 Å². The summed E-state index contributed by atoms with van der Waals surface area (Å²) in [5.74, 6) is -1.72. The van der Waals surface area contributed by atoms with E-state index in [0.29, 0.717) is 22.2 Å². The summed E-state index contributed by atoms with van der Waals surface area (Å²) in [5, 5.41) is 6.46. The van der Waals surface area contributed by atoms with E-state index in [1.165, 1.54) is 39.9 Å². The molecule has 0 amide bonds. The number of hydrogen-bond acceptors (Lipinski definition) is 10. The average molecular weight is 1300 g/mol. The first kappa shape index (κ1) is 83.1. The first-order valence-corrected chi connectivity index (χ1v) is 33.0. The molecule has 0 saturated carbocycles. The minimum absolute atomic E-state index is 0.00764. The molecule has 0 aromatic carbocycles. The Hall–Kier alpha value is -6.90. The zero-order valence-electron chi connectivity index (χ0n) is 60.6. The van der Waals surface area contributed by atoms with Gasteiger partial charge in [0.25, 0.3) is 0 Å². The summed E-state index contributed by atoms with van der Waals surface area (Å²) in [6.45, 7) is 56.9. The second-order valence-corrected chi connectivity index (χ2v) is 32.9. The van der Waals surface area contributed by atoms with E-state index < -0.39 is 11.6 Å². The molecule has 0 N–H and O–H groups in total. The molecule has 0 fully saturated rings. The monoisotopic (exact) mass is 1300 g/mol. The number of aromatic nitrogens is 8. The van der Waals surface area contributed by atoms with Crippen LogP contribution in [0.15, 0.2) is 175 Å². The molecule has 0 spiro atoms. The summed E-state index contributed by atoms with van der Waals surface area (Å²) >= 11 is 3.60. The molecule has 0 unspecified atom stereocenters. The van der Waals surface area contributed by atoms with Crippen molar-refractivity contribution in [3.05, 3.63) is 249 Å². The van der Waals surface area contributed by atoms with Gasteiger partial charge in [0.2, 0.25) is 0 Å². The van der Waals surface area contributed by atoms with Gasteiger partial charge in [-0.15, -0.1) is 11.3 Å². The Morgan fingerprint density at radius 1 is 0.293 bits per heavy atom. The molecule has 0 radical (unpaired) electrons. The first-order chi connectivity index (χ1) is 42.1. The highest BCUT2D eigenvalue weighted by atomic mass is 32.1. The third-order valence-electron chi connectivity index (χ3n) is 13.0. The molecule has 0 saturated heterocycles. The van der Waals surface area contributed by atoms with Crippen molar-refractivity contribution < 1.29 is 17.6 Å². The Morgan fingerprint density at radius 3 is 1.12 bits per heavy atom. The van der Waals surface area contributed by atoms with Gasteiger partial charge in [0.15, 0.2) is 0 Å². The summed E-state index contributed by atoms with van der Waals surface area (Å²) in [4.78, 5) is 33.5. The number of hydrogen-bond donors (Lipinski definition) is 0.